The van der Waals surface area contributed by atoms with Crippen LogP contribution in [0.15, 0.2) is 0 Å². The number of hydrogen-bond acceptors (Lipinski definition) is 2. The fraction of sp³-hybridized carbons (Fsp3) is 0.667. The molecule has 5 nitrogen and oxygen atoms in total. The van der Waals surface area contributed by atoms with Crippen molar-refractivity contribution >= 4 is 12.0 Å². The summed E-state index contributed by atoms with van der Waals surface area (Å²) in [6.45, 7) is 2.88. The van der Waals surface area contributed by atoms with Gasteiger partial charge in [-0.25, -0.2) is 4.79 Å². The van der Waals surface area contributed by atoms with E-state index >= 15 is 0 Å². The van der Waals surface area contributed by atoms with Gasteiger partial charge < -0.3 is 15.7 Å². The predicted octanol–water partition coefficient (Wildman–Crippen LogP) is 1.34. The van der Waals surface area contributed by atoms with E-state index in [9.17, 15) is 9.59 Å². The zero-order valence-corrected chi connectivity index (χ0v) is 10.2. The third-order valence-electron chi connectivity index (χ3n) is 2.07. The molecule has 3 N–H and O–H groups in total. The Kier molecular flexibility index (Phi) is 9.73. The zero-order chi connectivity index (χ0) is 12.9. The number of nitrogens with one attached hydrogen (secondary N) is 2. The topological polar surface area (TPSA) is 78.4 Å². The fourth-order valence-corrected chi connectivity index (χ4v) is 1.21. The molecule has 0 spiro atoms. The van der Waals surface area contributed by atoms with Gasteiger partial charge in [0.15, 0.2) is 0 Å². The molecule has 0 aliphatic carbocycles. The predicted molar refractivity (Wildman–Crippen MR) is 65.6 cm³/mol. The summed E-state index contributed by atoms with van der Waals surface area (Å²) >= 11 is 0. The van der Waals surface area contributed by atoms with Crippen molar-refractivity contribution in [2.75, 3.05) is 13.1 Å². The quantitative estimate of drug-likeness (QED) is 0.442. The summed E-state index contributed by atoms with van der Waals surface area (Å²) in [5.74, 6) is 4.83. The Morgan fingerprint density at radius 2 is 1.82 bits per heavy atom. The van der Waals surface area contributed by atoms with Crippen molar-refractivity contribution in [3.63, 3.8) is 0 Å². The van der Waals surface area contributed by atoms with Gasteiger partial charge in [0, 0.05) is 25.9 Å². The second-order valence-corrected chi connectivity index (χ2v) is 3.56. The molecule has 0 atom stereocenters. The Morgan fingerprint density at radius 1 is 1.12 bits per heavy atom. The standard InChI is InChI=1S/C12H20N2O3/c1-2-3-6-9-13-12(17)14-10-7-4-5-8-11(15)16/h4-10H2,1H3,(H,15,16)(H2,13,14,17). The van der Waals surface area contributed by atoms with Crippen molar-refractivity contribution in [1.82, 2.24) is 10.6 Å². The van der Waals surface area contributed by atoms with Gasteiger partial charge in [-0.05, 0) is 19.8 Å². The van der Waals surface area contributed by atoms with Crippen LogP contribution in [0.5, 0.6) is 0 Å². The van der Waals surface area contributed by atoms with Crippen molar-refractivity contribution in [1.29, 1.82) is 0 Å². The molecule has 0 aromatic carbocycles. The number of urea groups is 1. The number of hydrogen-bond donors (Lipinski definition) is 3. The van der Waals surface area contributed by atoms with E-state index < -0.39 is 5.97 Å². The van der Waals surface area contributed by atoms with Crippen LogP contribution in [0.3, 0.4) is 0 Å². The lowest BCUT2D eigenvalue weighted by Gasteiger charge is -2.05. The zero-order valence-electron chi connectivity index (χ0n) is 10.2. The highest BCUT2D eigenvalue weighted by Crippen LogP contribution is 1.98. The highest BCUT2D eigenvalue weighted by Gasteiger charge is 1.99. The van der Waals surface area contributed by atoms with Crippen LogP contribution in [0.1, 0.15) is 39.0 Å². The van der Waals surface area contributed by atoms with Gasteiger partial charge in [-0.3, -0.25) is 4.79 Å². The average Bonchev–Trinajstić information content (AvgIpc) is 2.29. The average molecular weight is 240 g/mol. The number of unbranched alkanes of at least 4 members (excludes halogenated alkanes) is 2. The number of carbonyl (C=O) groups excluding carboxylic acids is 1. The summed E-state index contributed by atoms with van der Waals surface area (Å²) in [6.07, 6.45) is 3.12. The third-order valence-corrected chi connectivity index (χ3v) is 2.07. The molecule has 0 aliphatic heterocycles. The van der Waals surface area contributed by atoms with E-state index in [4.69, 9.17) is 5.11 Å². The number of carboxylic acid groups (broad SMARTS) is 1. The second kappa shape index (κ2) is 10.8. The summed E-state index contributed by atoms with van der Waals surface area (Å²) in [5.41, 5.74) is 0. The van der Waals surface area contributed by atoms with Crippen molar-refractivity contribution < 1.29 is 14.7 Å². The molecular formula is C12H20N2O3. The number of carboxylic acids is 1. The molecule has 0 bridgehead atoms. The summed E-state index contributed by atoms with van der Waals surface area (Å²) in [4.78, 5) is 21.4. The molecule has 0 unspecified atom stereocenters. The minimum Gasteiger partial charge on any atom is -0.481 e. The Balaban J connectivity index is 3.26. The van der Waals surface area contributed by atoms with Gasteiger partial charge >= 0.3 is 12.0 Å². The molecule has 0 aromatic rings. The monoisotopic (exact) mass is 240 g/mol. The van der Waals surface area contributed by atoms with E-state index in [-0.39, 0.29) is 12.5 Å². The lowest BCUT2D eigenvalue weighted by Crippen LogP contribution is -2.36. The van der Waals surface area contributed by atoms with Crippen LogP contribution in [0.2, 0.25) is 0 Å². The highest BCUT2D eigenvalue weighted by molar-refractivity contribution is 5.73. The van der Waals surface area contributed by atoms with E-state index in [0.29, 0.717) is 25.9 Å². The molecule has 0 aromatic heterocycles. The SMILES string of the molecule is CC#CCCNC(=O)NCCCCCC(=O)O. The Morgan fingerprint density at radius 3 is 2.47 bits per heavy atom. The molecule has 17 heavy (non-hydrogen) atoms. The normalized spacial score (nSPS) is 9.00. The van der Waals surface area contributed by atoms with Gasteiger partial charge in [0.1, 0.15) is 0 Å². The minimum absolute atomic E-state index is 0.193. The van der Waals surface area contributed by atoms with Gasteiger partial charge in [0.25, 0.3) is 0 Å². The highest BCUT2D eigenvalue weighted by atomic mass is 16.4. The number of carbonyl (C=O) groups is 2. The molecule has 5 heteroatoms. The van der Waals surface area contributed by atoms with Crippen molar-refractivity contribution in [3.8, 4) is 11.8 Å². The summed E-state index contributed by atoms with van der Waals surface area (Å²) in [5, 5.41) is 13.8. The lowest BCUT2D eigenvalue weighted by atomic mass is 10.2. The summed E-state index contributed by atoms with van der Waals surface area (Å²) < 4.78 is 0. The third kappa shape index (κ3) is 12.2. The van der Waals surface area contributed by atoms with Crippen LogP contribution in [0.4, 0.5) is 4.79 Å². The molecule has 96 valence electrons. The van der Waals surface area contributed by atoms with Crippen LogP contribution in [-0.4, -0.2) is 30.2 Å². The Bertz CT molecular complexity index is 292. The van der Waals surface area contributed by atoms with Crippen LogP contribution in [0, 0.1) is 11.8 Å². The van der Waals surface area contributed by atoms with E-state index in [1.165, 1.54) is 0 Å². The molecule has 0 saturated carbocycles. The van der Waals surface area contributed by atoms with E-state index in [2.05, 4.69) is 22.5 Å². The summed E-state index contributed by atoms with van der Waals surface area (Å²) in [6, 6.07) is -0.193. The Labute approximate surface area is 102 Å². The smallest absolute Gasteiger partial charge is 0.314 e. The first kappa shape index (κ1) is 15.3. The molecule has 2 amide bonds. The molecule has 0 fully saturated rings. The van der Waals surface area contributed by atoms with Crippen molar-refractivity contribution in [2.24, 2.45) is 0 Å². The van der Waals surface area contributed by atoms with E-state index in [1.807, 2.05) is 0 Å². The summed E-state index contributed by atoms with van der Waals surface area (Å²) in [7, 11) is 0. The van der Waals surface area contributed by atoms with Crippen molar-refractivity contribution in [3.05, 3.63) is 0 Å². The maximum absolute atomic E-state index is 11.2. The van der Waals surface area contributed by atoms with Gasteiger partial charge in [0.05, 0.1) is 0 Å². The first-order valence-electron chi connectivity index (χ1n) is 5.80. The van der Waals surface area contributed by atoms with Crippen LogP contribution in [-0.2, 0) is 4.79 Å². The number of aliphatic carboxylic acids is 1. The number of amides is 2. The lowest BCUT2D eigenvalue weighted by molar-refractivity contribution is -0.137. The molecule has 0 saturated heterocycles. The second-order valence-electron chi connectivity index (χ2n) is 3.56. The van der Waals surface area contributed by atoms with Gasteiger partial charge in [0.2, 0.25) is 0 Å². The molecule has 0 radical (unpaired) electrons. The first-order valence-corrected chi connectivity index (χ1v) is 5.80. The Hall–Kier alpha value is -1.70. The van der Waals surface area contributed by atoms with Crippen molar-refractivity contribution in [2.45, 2.75) is 39.0 Å². The molecule has 0 aliphatic rings. The van der Waals surface area contributed by atoms with Gasteiger partial charge in [-0.2, -0.15) is 0 Å². The van der Waals surface area contributed by atoms with Gasteiger partial charge in [-0.15, -0.1) is 11.8 Å². The van der Waals surface area contributed by atoms with E-state index in [1.54, 1.807) is 6.92 Å². The molecular weight excluding hydrogens is 220 g/mol. The first-order chi connectivity index (χ1) is 8.16. The van der Waals surface area contributed by atoms with Gasteiger partial charge in [-0.1, -0.05) is 6.42 Å². The minimum atomic E-state index is -0.771. The maximum atomic E-state index is 11.2. The van der Waals surface area contributed by atoms with Crippen LogP contribution < -0.4 is 10.6 Å². The van der Waals surface area contributed by atoms with E-state index in [0.717, 1.165) is 12.8 Å². The van der Waals surface area contributed by atoms with Crippen LogP contribution in [0.25, 0.3) is 0 Å². The number of rotatable bonds is 8. The largest absolute Gasteiger partial charge is 0.481 e. The van der Waals surface area contributed by atoms with Crippen LogP contribution >= 0.6 is 0 Å². The maximum Gasteiger partial charge on any atom is 0.314 e. The fourth-order valence-electron chi connectivity index (χ4n) is 1.21. The molecule has 0 heterocycles. The molecule has 0 rings (SSSR count).